The molecule has 1 saturated heterocycles. The molecule has 1 amide bonds. The number of carbonyl (C=O) groups excluding carboxylic acids is 1. The number of thiophene rings is 1. The molecule has 3 aromatic rings. The summed E-state index contributed by atoms with van der Waals surface area (Å²) in [7, 11) is 0. The Morgan fingerprint density at radius 3 is 2.49 bits per heavy atom. The van der Waals surface area contributed by atoms with Gasteiger partial charge < -0.3 is 15.7 Å². The van der Waals surface area contributed by atoms with E-state index in [1.165, 1.54) is 42.5 Å². The predicted octanol–water partition coefficient (Wildman–Crippen LogP) is 6.99. The van der Waals surface area contributed by atoms with Gasteiger partial charge in [0, 0.05) is 22.5 Å². The van der Waals surface area contributed by atoms with E-state index in [1.54, 1.807) is 0 Å². The standard InChI is InChI=1S/C28H25Cl2F2N3O3S/c1-27(2,3)12-20-28(13-33,16-8-7-14(29)11-18(16)31)22(15-5-4-6-17(30)23(15)32)24(34-20)25(36)35-21-10-9-19(39-21)26(37)38/h4-11,20,22,24,34H,12H2,1-3H3,(H,35,36)(H,37,38)/t20-,22-,24+,28-/m0/s1. The summed E-state index contributed by atoms with van der Waals surface area (Å²) in [6, 6.07) is 11.3. The molecule has 0 aliphatic carbocycles. The van der Waals surface area contributed by atoms with E-state index in [-0.39, 0.29) is 36.5 Å². The number of carboxylic acids is 1. The number of benzene rings is 2. The lowest BCUT2D eigenvalue weighted by molar-refractivity contribution is -0.118. The number of nitriles is 1. The number of nitrogens with one attached hydrogen (secondary N) is 2. The first-order valence-corrected chi connectivity index (χ1v) is 13.6. The Labute approximate surface area is 238 Å². The van der Waals surface area contributed by atoms with Crippen molar-refractivity contribution in [2.45, 2.75) is 50.6 Å². The van der Waals surface area contributed by atoms with Gasteiger partial charge >= 0.3 is 5.97 Å². The van der Waals surface area contributed by atoms with Crippen molar-refractivity contribution in [2.75, 3.05) is 5.32 Å². The topological polar surface area (TPSA) is 102 Å². The molecule has 6 nitrogen and oxygen atoms in total. The third kappa shape index (κ3) is 5.52. The van der Waals surface area contributed by atoms with E-state index in [9.17, 15) is 20.0 Å². The molecule has 0 saturated carbocycles. The van der Waals surface area contributed by atoms with Gasteiger partial charge in [-0.3, -0.25) is 4.79 Å². The average Bonchev–Trinajstić information content (AvgIpc) is 3.43. The number of aromatic carboxylic acids is 1. The molecular weight excluding hydrogens is 567 g/mol. The Morgan fingerprint density at radius 1 is 1.18 bits per heavy atom. The molecule has 1 aliphatic rings. The summed E-state index contributed by atoms with van der Waals surface area (Å²) in [5, 5.41) is 26.2. The summed E-state index contributed by atoms with van der Waals surface area (Å²) in [6.07, 6.45) is 0.327. The fourth-order valence-corrected chi connectivity index (χ4v) is 6.36. The maximum absolute atomic E-state index is 15.7. The summed E-state index contributed by atoms with van der Waals surface area (Å²) in [5.41, 5.74) is -2.19. The quantitative estimate of drug-likeness (QED) is 0.286. The van der Waals surface area contributed by atoms with E-state index in [1.807, 2.05) is 20.8 Å². The molecule has 1 fully saturated rings. The maximum atomic E-state index is 15.7. The lowest BCUT2D eigenvalue weighted by Crippen LogP contribution is -2.44. The molecule has 0 spiro atoms. The molecule has 11 heteroatoms. The molecule has 2 heterocycles. The predicted molar refractivity (Wildman–Crippen MR) is 148 cm³/mol. The van der Waals surface area contributed by atoms with Gasteiger partial charge in [0.1, 0.15) is 21.9 Å². The fraction of sp³-hybridized carbons (Fsp3) is 0.321. The fourth-order valence-electron chi connectivity index (χ4n) is 5.28. The van der Waals surface area contributed by atoms with Crippen LogP contribution in [-0.2, 0) is 10.2 Å². The van der Waals surface area contributed by atoms with Crippen molar-refractivity contribution >= 4 is 51.4 Å². The minimum absolute atomic E-state index is 0.0160. The molecule has 204 valence electrons. The van der Waals surface area contributed by atoms with Crippen LogP contribution in [0.1, 0.15) is 53.9 Å². The molecule has 1 aromatic heterocycles. The lowest BCUT2D eigenvalue weighted by Gasteiger charge is -2.37. The van der Waals surface area contributed by atoms with E-state index in [2.05, 4.69) is 16.7 Å². The van der Waals surface area contributed by atoms with Gasteiger partial charge in [0.2, 0.25) is 5.91 Å². The Hall–Kier alpha value is -3.03. The van der Waals surface area contributed by atoms with Crippen molar-refractivity contribution in [1.29, 1.82) is 5.26 Å². The Morgan fingerprint density at radius 2 is 1.90 bits per heavy atom. The highest BCUT2D eigenvalue weighted by atomic mass is 35.5. The van der Waals surface area contributed by atoms with Crippen LogP contribution in [0.5, 0.6) is 0 Å². The van der Waals surface area contributed by atoms with Crippen molar-refractivity contribution in [1.82, 2.24) is 5.32 Å². The van der Waals surface area contributed by atoms with Crippen LogP contribution in [0, 0.1) is 28.4 Å². The van der Waals surface area contributed by atoms with Crippen molar-refractivity contribution in [2.24, 2.45) is 5.41 Å². The van der Waals surface area contributed by atoms with Gasteiger partial charge in [-0.25, -0.2) is 13.6 Å². The summed E-state index contributed by atoms with van der Waals surface area (Å²) in [4.78, 5) is 25.1. The Kier molecular flexibility index (Phi) is 8.06. The van der Waals surface area contributed by atoms with E-state index in [4.69, 9.17) is 23.2 Å². The molecule has 0 unspecified atom stereocenters. The molecule has 0 radical (unpaired) electrons. The zero-order valence-corrected chi connectivity index (χ0v) is 23.5. The van der Waals surface area contributed by atoms with E-state index < -0.39 is 46.9 Å². The Bertz CT molecular complexity index is 1480. The van der Waals surface area contributed by atoms with Crippen LogP contribution in [-0.4, -0.2) is 29.1 Å². The molecule has 4 rings (SSSR count). The monoisotopic (exact) mass is 591 g/mol. The smallest absolute Gasteiger partial charge is 0.345 e. The summed E-state index contributed by atoms with van der Waals surface area (Å²) >= 11 is 13.0. The second-order valence-electron chi connectivity index (χ2n) is 10.6. The largest absolute Gasteiger partial charge is 0.477 e. The normalized spacial score (nSPS) is 22.9. The number of amides is 1. The molecule has 39 heavy (non-hydrogen) atoms. The maximum Gasteiger partial charge on any atom is 0.345 e. The number of nitrogens with zero attached hydrogens (tertiary/aromatic N) is 1. The van der Waals surface area contributed by atoms with E-state index in [0.717, 1.165) is 17.4 Å². The minimum Gasteiger partial charge on any atom is -0.477 e. The number of hydrogen-bond acceptors (Lipinski definition) is 5. The molecule has 2 aromatic carbocycles. The third-order valence-corrected chi connectivity index (χ3v) is 8.31. The van der Waals surface area contributed by atoms with E-state index >= 15 is 8.78 Å². The summed E-state index contributed by atoms with van der Waals surface area (Å²) < 4.78 is 31.3. The van der Waals surface area contributed by atoms with Crippen LogP contribution in [0.25, 0.3) is 0 Å². The van der Waals surface area contributed by atoms with Gasteiger partial charge in [0.05, 0.1) is 22.1 Å². The number of carboxylic acid groups (broad SMARTS) is 1. The Balaban J connectivity index is 1.94. The van der Waals surface area contributed by atoms with Gasteiger partial charge in [0.25, 0.3) is 0 Å². The zero-order chi connectivity index (χ0) is 28.7. The second kappa shape index (κ2) is 10.9. The van der Waals surface area contributed by atoms with Gasteiger partial charge in [-0.1, -0.05) is 62.2 Å². The van der Waals surface area contributed by atoms with Crippen molar-refractivity contribution < 1.29 is 23.5 Å². The van der Waals surface area contributed by atoms with Gasteiger partial charge in [-0.15, -0.1) is 11.3 Å². The van der Waals surface area contributed by atoms with Crippen LogP contribution >= 0.6 is 34.5 Å². The highest BCUT2D eigenvalue weighted by molar-refractivity contribution is 7.18. The van der Waals surface area contributed by atoms with Crippen LogP contribution in [0.3, 0.4) is 0 Å². The molecular formula is C28H25Cl2F2N3O3S. The summed E-state index contributed by atoms with van der Waals surface area (Å²) in [6.45, 7) is 5.82. The van der Waals surface area contributed by atoms with Crippen molar-refractivity contribution in [3.05, 3.63) is 86.2 Å². The zero-order valence-electron chi connectivity index (χ0n) is 21.2. The second-order valence-corrected chi connectivity index (χ2v) is 12.6. The SMILES string of the molecule is CC(C)(C)C[C@@H]1N[C@@H](C(=O)Nc2ccc(C(=O)O)s2)[C@H](c2cccc(Cl)c2F)[C@@]1(C#N)c1ccc(Cl)cc1F. The molecule has 3 N–H and O–H groups in total. The third-order valence-electron chi connectivity index (χ3n) is 6.79. The highest BCUT2D eigenvalue weighted by Gasteiger charge is 2.61. The van der Waals surface area contributed by atoms with Crippen molar-refractivity contribution in [3.8, 4) is 6.07 Å². The number of carbonyl (C=O) groups is 2. The number of hydrogen-bond donors (Lipinski definition) is 3. The number of halogens is 4. The van der Waals surface area contributed by atoms with Gasteiger partial charge in [0.15, 0.2) is 0 Å². The van der Waals surface area contributed by atoms with Gasteiger partial charge in [-0.2, -0.15) is 5.26 Å². The van der Waals surface area contributed by atoms with Crippen LogP contribution in [0.15, 0.2) is 48.5 Å². The number of anilines is 1. The molecule has 0 bridgehead atoms. The average molecular weight is 592 g/mol. The van der Waals surface area contributed by atoms with Crippen molar-refractivity contribution in [3.63, 3.8) is 0 Å². The summed E-state index contributed by atoms with van der Waals surface area (Å²) in [5.74, 6) is -4.59. The van der Waals surface area contributed by atoms with Crippen LogP contribution < -0.4 is 10.6 Å². The minimum atomic E-state index is -1.75. The van der Waals surface area contributed by atoms with E-state index in [0.29, 0.717) is 6.42 Å². The van der Waals surface area contributed by atoms with Crippen LogP contribution in [0.2, 0.25) is 10.0 Å². The molecule has 1 aliphatic heterocycles. The first-order chi connectivity index (χ1) is 18.3. The van der Waals surface area contributed by atoms with Gasteiger partial charge in [-0.05, 0) is 47.7 Å². The first-order valence-electron chi connectivity index (χ1n) is 12.0. The highest BCUT2D eigenvalue weighted by Crippen LogP contribution is 2.53. The lowest BCUT2D eigenvalue weighted by atomic mass is 9.62. The van der Waals surface area contributed by atoms with Crippen LogP contribution in [0.4, 0.5) is 13.8 Å². The first kappa shape index (κ1) is 29.0. The number of rotatable bonds is 6. The molecule has 4 atom stereocenters.